The molecule has 0 saturated heterocycles. The summed E-state index contributed by atoms with van der Waals surface area (Å²) in [6, 6.07) is 1.78. The maximum absolute atomic E-state index is 9.03. The van der Waals surface area contributed by atoms with Crippen LogP contribution in [0.15, 0.2) is 29.2 Å². The minimum atomic E-state index is -0.0702. The molecule has 0 spiro atoms. The van der Waals surface area contributed by atoms with Gasteiger partial charge in [0.25, 0.3) is 0 Å². The standard InChI is InChI=1S/C10H10N2O2/c1-7-4-11-10(12-9(7)5-13)8-2-3-14-6-8/h2-4,6,13H,5H2,1H3. The Kier molecular flexibility index (Phi) is 2.28. The van der Waals surface area contributed by atoms with Gasteiger partial charge in [0.1, 0.15) is 6.26 Å². The summed E-state index contributed by atoms with van der Waals surface area (Å²) in [5, 5.41) is 9.03. The van der Waals surface area contributed by atoms with Gasteiger partial charge in [-0.3, -0.25) is 0 Å². The molecule has 0 radical (unpaired) electrons. The van der Waals surface area contributed by atoms with Crippen molar-refractivity contribution in [2.24, 2.45) is 0 Å². The molecule has 0 bridgehead atoms. The lowest BCUT2D eigenvalue weighted by molar-refractivity contribution is 0.276. The van der Waals surface area contributed by atoms with Gasteiger partial charge < -0.3 is 9.52 Å². The van der Waals surface area contributed by atoms with E-state index in [9.17, 15) is 0 Å². The molecule has 1 N–H and O–H groups in total. The van der Waals surface area contributed by atoms with Crippen LogP contribution >= 0.6 is 0 Å². The topological polar surface area (TPSA) is 59.2 Å². The van der Waals surface area contributed by atoms with E-state index in [-0.39, 0.29) is 6.61 Å². The Balaban J connectivity index is 2.46. The van der Waals surface area contributed by atoms with Gasteiger partial charge in [-0.1, -0.05) is 0 Å². The van der Waals surface area contributed by atoms with Gasteiger partial charge in [-0.15, -0.1) is 0 Å². The Morgan fingerprint density at radius 1 is 1.50 bits per heavy atom. The zero-order valence-corrected chi connectivity index (χ0v) is 7.77. The van der Waals surface area contributed by atoms with Crippen molar-refractivity contribution in [1.29, 1.82) is 0 Å². The largest absolute Gasteiger partial charge is 0.472 e. The van der Waals surface area contributed by atoms with Crippen LogP contribution in [0.3, 0.4) is 0 Å². The second-order valence-electron chi connectivity index (χ2n) is 2.99. The highest BCUT2D eigenvalue weighted by atomic mass is 16.3. The fourth-order valence-electron chi connectivity index (χ4n) is 1.17. The molecule has 2 aromatic rings. The maximum atomic E-state index is 9.03. The molecule has 0 aliphatic carbocycles. The van der Waals surface area contributed by atoms with Crippen molar-refractivity contribution in [3.63, 3.8) is 0 Å². The molecule has 14 heavy (non-hydrogen) atoms. The zero-order valence-electron chi connectivity index (χ0n) is 7.77. The second-order valence-corrected chi connectivity index (χ2v) is 2.99. The van der Waals surface area contributed by atoms with Crippen LogP contribution in [-0.4, -0.2) is 15.1 Å². The Morgan fingerprint density at radius 2 is 2.36 bits per heavy atom. The van der Waals surface area contributed by atoms with E-state index in [1.165, 1.54) is 0 Å². The third kappa shape index (κ3) is 1.52. The predicted molar refractivity (Wildman–Crippen MR) is 50.4 cm³/mol. The van der Waals surface area contributed by atoms with Gasteiger partial charge in [0.2, 0.25) is 0 Å². The van der Waals surface area contributed by atoms with Crippen LogP contribution < -0.4 is 0 Å². The Hall–Kier alpha value is -1.68. The average Bonchev–Trinajstić information content (AvgIpc) is 2.71. The fraction of sp³-hybridized carbons (Fsp3) is 0.200. The number of aliphatic hydroxyl groups is 1. The van der Waals surface area contributed by atoms with Crippen LogP contribution in [-0.2, 0) is 6.61 Å². The molecule has 2 heterocycles. The molecule has 0 unspecified atom stereocenters. The molecular weight excluding hydrogens is 180 g/mol. The third-order valence-electron chi connectivity index (χ3n) is 2.01. The number of aryl methyl sites for hydroxylation is 1. The van der Waals surface area contributed by atoms with E-state index in [4.69, 9.17) is 9.52 Å². The summed E-state index contributed by atoms with van der Waals surface area (Å²) in [4.78, 5) is 8.36. The number of nitrogens with zero attached hydrogens (tertiary/aromatic N) is 2. The molecule has 4 heteroatoms. The van der Waals surface area contributed by atoms with Gasteiger partial charge >= 0.3 is 0 Å². The SMILES string of the molecule is Cc1cnc(-c2ccoc2)nc1CO. The molecule has 72 valence electrons. The lowest BCUT2D eigenvalue weighted by Crippen LogP contribution is -1.97. The molecule has 0 saturated carbocycles. The quantitative estimate of drug-likeness (QED) is 0.780. The summed E-state index contributed by atoms with van der Waals surface area (Å²) in [6.07, 6.45) is 4.84. The van der Waals surface area contributed by atoms with Crippen molar-refractivity contribution >= 4 is 0 Å². The number of aromatic nitrogens is 2. The van der Waals surface area contributed by atoms with Crippen LogP contribution in [0.25, 0.3) is 11.4 Å². The Morgan fingerprint density at radius 3 is 3.00 bits per heavy atom. The van der Waals surface area contributed by atoms with Crippen molar-refractivity contribution in [3.8, 4) is 11.4 Å². The predicted octanol–water partition coefficient (Wildman–Crippen LogP) is 1.54. The summed E-state index contributed by atoms with van der Waals surface area (Å²) >= 11 is 0. The van der Waals surface area contributed by atoms with Crippen LogP contribution in [0.5, 0.6) is 0 Å². The highest BCUT2D eigenvalue weighted by Crippen LogP contribution is 2.16. The molecule has 0 aliphatic rings. The number of furan rings is 1. The van der Waals surface area contributed by atoms with Crippen molar-refractivity contribution in [3.05, 3.63) is 36.0 Å². The van der Waals surface area contributed by atoms with Crippen molar-refractivity contribution in [2.75, 3.05) is 0 Å². The molecule has 0 aromatic carbocycles. The normalized spacial score (nSPS) is 10.4. The first-order valence-electron chi connectivity index (χ1n) is 4.27. The van der Waals surface area contributed by atoms with E-state index in [2.05, 4.69) is 9.97 Å². The van der Waals surface area contributed by atoms with Gasteiger partial charge in [-0.25, -0.2) is 9.97 Å². The molecule has 4 nitrogen and oxygen atoms in total. The third-order valence-corrected chi connectivity index (χ3v) is 2.01. The van der Waals surface area contributed by atoms with Crippen molar-refractivity contribution in [1.82, 2.24) is 9.97 Å². The fourth-order valence-corrected chi connectivity index (χ4v) is 1.17. The Bertz CT molecular complexity index is 424. The van der Waals surface area contributed by atoms with E-state index in [1.807, 2.05) is 6.92 Å². The first-order valence-corrected chi connectivity index (χ1v) is 4.27. The summed E-state index contributed by atoms with van der Waals surface area (Å²) in [5.41, 5.74) is 2.36. The minimum Gasteiger partial charge on any atom is -0.472 e. The highest BCUT2D eigenvalue weighted by molar-refractivity contribution is 5.52. The van der Waals surface area contributed by atoms with Crippen molar-refractivity contribution < 1.29 is 9.52 Å². The summed E-state index contributed by atoms with van der Waals surface area (Å²) in [5.74, 6) is 0.577. The lowest BCUT2D eigenvalue weighted by atomic mass is 10.2. The van der Waals surface area contributed by atoms with Gasteiger partial charge in [-0.05, 0) is 18.6 Å². The molecule has 2 aromatic heterocycles. The highest BCUT2D eigenvalue weighted by Gasteiger charge is 2.05. The number of hydrogen-bond donors (Lipinski definition) is 1. The smallest absolute Gasteiger partial charge is 0.162 e. The summed E-state index contributed by atoms with van der Waals surface area (Å²) < 4.78 is 4.93. The number of aliphatic hydroxyl groups excluding tert-OH is 1. The van der Waals surface area contributed by atoms with Crippen LogP contribution in [0.2, 0.25) is 0 Å². The van der Waals surface area contributed by atoms with Gasteiger partial charge in [0.05, 0.1) is 24.1 Å². The molecule has 0 fully saturated rings. The molecular formula is C10H10N2O2. The van der Waals surface area contributed by atoms with E-state index < -0.39 is 0 Å². The van der Waals surface area contributed by atoms with E-state index >= 15 is 0 Å². The summed E-state index contributed by atoms with van der Waals surface area (Å²) in [6.45, 7) is 1.80. The molecule has 2 rings (SSSR count). The number of hydrogen-bond acceptors (Lipinski definition) is 4. The lowest BCUT2D eigenvalue weighted by Gasteiger charge is -2.02. The molecule has 0 amide bonds. The number of rotatable bonds is 2. The monoisotopic (exact) mass is 190 g/mol. The van der Waals surface area contributed by atoms with Crippen LogP contribution in [0.4, 0.5) is 0 Å². The van der Waals surface area contributed by atoms with Gasteiger partial charge in [-0.2, -0.15) is 0 Å². The Labute approximate surface area is 81.2 Å². The van der Waals surface area contributed by atoms with Crippen LogP contribution in [0, 0.1) is 6.92 Å². The van der Waals surface area contributed by atoms with Crippen LogP contribution in [0.1, 0.15) is 11.3 Å². The first-order chi connectivity index (χ1) is 6.81. The maximum Gasteiger partial charge on any atom is 0.162 e. The van der Waals surface area contributed by atoms with E-state index in [0.717, 1.165) is 11.1 Å². The van der Waals surface area contributed by atoms with Gasteiger partial charge in [0, 0.05) is 6.20 Å². The summed E-state index contributed by atoms with van der Waals surface area (Å²) in [7, 11) is 0. The van der Waals surface area contributed by atoms with E-state index in [0.29, 0.717) is 11.5 Å². The van der Waals surface area contributed by atoms with Gasteiger partial charge in [0.15, 0.2) is 5.82 Å². The molecule has 0 aliphatic heterocycles. The minimum absolute atomic E-state index is 0.0702. The second kappa shape index (κ2) is 3.59. The average molecular weight is 190 g/mol. The zero-order chi connectivity index (χ0) is 9.97. The molecule has 0 atom stereocenters. The first kappa shape index (κ1) is 8.90. The van der Waals surface area contributed by atoms with E-state index in [1.54, 1.807) is 24.8 Å². The van der Waals surface area contributed by atoms with Crippen molar-refractivity contribution in [2.45, 2.75) is 13.5 Å².